The minimum Gasteiger partial charge on any atom is -0.507 e. The first-order valence-corrected chi connectivity index (χ1v) is 5.11. The van der Waals surface area contributed by atoms with E-state index in [1.54, 1.807) is 7.11 Å². The fourth-order valence-electron chi connectivity index (χ4n) is 1.64. The Kier molecular flexibility index (Phi) is 4.12. The van der Waals surface area contributed by atoms with Crippen LogP contribution in [0.3, 0.4) is 0 Å². The summed E-state index contributed by atoms with van der Waals surface area (Å²) in [5, 5.41) is 9.94. The molecule has 1 rings (SSSR count). The average molecular weight is 209 g/mol. The average Bonchev–Trinajstić information content (AvgIpc) is 2.17. The molecule has 3 N–H and O–H groups in total. The molecule has 1 atom stereocenters. The van der Waals surface area contributed by atoms with Crippen LogP contribution in [0.1, 0.15) is 23.6 Å². The second-order valence-corrected chi connectivity index (χ2v) is 3.98. The van der Waals surface area contributed by atoms with Gasteiger partial charge in [-0.2, -0.15) is 0 Å². The number of phenolic OH excluding ortho intramolecular Hbond substituents is 1. The summed E-state index contributed by atoms with van der Waals surface area (Å²) < 4.78 is 5.09. The van der Waals surface area contributed by atoms with E-state index in [0.717, 1.165) is 16.7 Å². The maximum Gasteiger partial charge on any atom is 0.122 e. The number of hydrogen-bond acceptors (Lipinski definition) is 3. The van der Waals surface area contributed by atoms with Crippen LogP contribution in [0.15, 0.2) is 12.1 Å². The molecule has 15 heavy (non-hydrogen) atoms. The highest BCUT2D eigenvalue weighted by Crippen LogP contribution is 2.27. The molecular formula is C12H19NO2. The summed E-state index contributed by atoms with van der Waals surface area (Å²) in [6.45, 7) is 4.32. The smallest absolute Gasteiger partial charge is 0.122 e. The van der Waals surface area contributed by atoms with Crippen molar-refractivity contribution in [2.45, 2.75) is 32.9 Å². The van der Waals surface area contributed by atoms with E-state index < -0.39 is 0 Å². The lowest BCUT2D eigenvalue weighted by Crippen LogP contribution is -2.19. The van der Waals surface area contributed by atoms with Crippen molar-refractivity contribution < 1.29 is 9.84 Å². The molecular weight excluding hydrogens is 190 g/mol. The van der Waals surface area contributed by atoms with Gasteiger partial charge in [0.25, 0.3) is 0 Å². The van der Waals surface area contributed by atoms with Crippen LogP contribution >= 0.6 is 0 Å². The van der Waals surface area contributed by atoms with Crippen LogP contribution in [-0.2, 0) is 17.8 Å². The predicted octanol–water partition coefficient (Wildman–Crippen LogP) is 1.74. The predicted molar refractivity (Wildman–Crippen MR) is 60.9 cm³/mol. The van der Waals surface area contributed by atoms with Crippen molar-refractivity contribution in [2.24, 2.45) is 5.73 Å². The maximum atomic E-state index is 9.94. The summed E-state index contributed by atoms with van der Waals surface area (Å²) in [6, 6.07) is 3.92. The van der Waals surface area contributed by atoms with Crippen molar-refractivity contribution in [2.75, 3.05) is 7.11 Å². The molecule has 3 nitrogen and oxygen atoms in total. The molecule has 0 amide bonds. The molecule has 1 unspecified atom stereocenters. The molecule has 0 aliphatic heterocycles. The molecule has 0 bridgehead atoms. The topological polar surface area (TPSA) is 55.5 Å². The number of phenols is 1. The van der Waals surface area contributed by atoms with Gasteiger partial charge in [0.15, 0.2) is 0 Å². The molecule has 0 saturated heterocycles. The van der Waals surface area contributed by atoms with Gasteiger partial charge in [0.2, 0.25) is 0 Å². The van der Waals surface area contributed by atoms with Gasteiger partial charge in [0, 0.05) is 18.7 Å². The third kappa shape index (κ3) is 2.94. The maximum absolute atomic E-state index is 9.94. The van der Waals surface area contributed by atoms with E-state index in [1.807, 2.05) is 26.0 Å². The quantitative estimate of drug-likeness (QED) is 0.794. The van der Waals surface area contributed by atoms with E-state index in [2.05, 4.69) is 0 Å². The standard InChI is InChI=1S/C12H19NO2/c1-8-4-5-10(7-15-3)11(12(8)14)6-9(2)13/h4-5,9,14H,6-7,13H2,1-3H3. The molecule has 3 heteroatoms. The molecule has 0 aromatic heterocycles. The van der Waals surface area contributed by atoms with Gasteiger partial charge in [-0.1, -0.05) is 12.1 Å². The molecule has 0 fully saturated rings. The van der Waals surface area contributed by atoms with Crippen LogP contribution in [0.5, 0.6) is 5.75 Å². The van der Waals surface area contributed by atoms with Gasteiger partial charge < -0.3 is 15.6 Å². The number of hydrogen-bond donors (Lipinski definition) is 2. The number of aryl methyl sites for hydroxylation is 1. The van der Waals surface area contributed by atoms with Crippen LogP contribution in [0.2, 0.25) is 0 Å². The number of benzene rings is 1. The first kappa shape index (κ1) is 12.0. The second kappa shape index (κ2) is 5.14. The van der Waals surface area contributed by atoms with Gasteiger partial charge in [0.1, 0.15) is 5.75 Å². The first-order chi connectivity index (χ1) is 7.06. The highest BCUT2D eigenvalue weighted by Gasteiger charge is 2.11. The molecule has 0 spiro atoms. The molecule has 0 radical (unpaired) electrons. The van der Waals surface area contributed by atoms with Crippen molar-refractivity contribution in [3.8, 4) is 5.75 Å². The zero-order chi connectivity index (χ0) is 11.4. The Balaban J connectivity index is 3.10. The minimum atomic E-state index is 0.0355. The largest absolute Gasteiger partial charge is 0.507 e. The Hall–Kier alpha value is -1.06. The van der Waals surface area contributed by atoms with Crippen LogP contribution in [-0.4, -0.2) is 18.3 Å². The van der Waals surface area contributed by atoms with Gasteiger partial charge in [0.05, 0.1) is 6.61 Å². The van der Waals surface area contributed by atoms with Gasteiger partial charge >= 0.3 is 0 Å². The minimum absolute atomic E-state index is 0.0355. The molecule has 1 aromatic rings. The van der Waals surface area contributed by atoms with Crippen molar-refractivity contribution in [3.05, 3.63) is 28.8 Å². The van der Waals surface area contributed by atoms with Crippen molar-refractivity contribution >= 4 is 0 Å². The second-order valence-electron chi connectivity index (χ2n) is 3.98. The lowest BCUT2D eigenvalue weighted by molar-refractivity contribution is 0.183. The molecule has 0 aliphatic rings. The van der Waals surface area contributed by atoms with E-state index in [1.165, 1.54) is 0 Å². The zero-order valence-corrected chi connectivity index (χ0v) is 9.58. The highest BCUT2D eigenvalue weighted by atomic mass is 16.5. The van der Waals surface area contributed by atoms with E-state index in [4.69, 9.17) is 10.5 Å². The Labute approximate surface area is 90.9 Å². The summed E-state index contributed by atoms with van der Waals surface area (Å²) in [4.78, 5) is 0. The summed E-state index contributed by atoms with van der Waals surface area (Å²) in [6.07, 6.45) is 0.673. The van der Waals surface area contributed by atoms with E-state index >= 15 is 0 Å². The molecule has 0 heterocycles. The lowest BCUT2D eigenvalue weighted by atomic mass is 9.98. The Bertz CT molecular complexity index is 335. The Morgan fingerprint density at radius 2 is 2.13 bits per heavy atom. The number of aromatic hydroxyl groups is 1. The van der Waals surface area contributed by atoms with Crippen LogP contribution in [0.4, 0.5) is 0 Å². The van der Waals surface area contributed by atoms with Crippen LogP contribution in [0.25, 0.3) is 0 Å². The summed E-state index contributed by atoms with van der Waals surface area (Å²) >= 11 is 0. The van der Waals surface area contributed by atoms with E-state index in [0.29, 0.717) is 18.8 Å². The molecule has 84 valence electrons. The number of rotatable bonds is 4. The van der Waals surface area contributed by atoms with E-state index in [-0.39, 0.29) is 6.04 Å². The summed E-state index contributed by atoms with van der Waals surface area (Å²) in [7, 11) is 1.65. The van der Waals surface area contributed by atoms with Gasteiger partial charge in [-0.3, -0.25) is 0 Å². The number of ether oxygens (including phenoxy) is 1. The van der Waals surface area contributed by atoms with E-state index in [9.17, 15) is 5.11 Å². The normalized spacial score (nSPS) is 12.8. The van der Waals surface area contributed by atoms with Gasteiger partial charge in [-0.15, -0.1) is 0 Å². The summed E-state index contributed by atoms with van der Waals surface area (Å²) in [5.74, 6) is 0.349. The fraction of sp³-hybridized carbons (Fsp3) is 0.500. The fourth-order valence-corrected chi connectivity index (χ4v) is 1.64. The molecule has 0 aliphatic carbocycles. The lowest BCUT2D eigenvalue weighted by Gasteiger charge is -2.14. The molecule has 1 aromatic carbocycles. The van der Waals surface area contributed by atoms with Crippen LogP contribution in [0, 0.1) is 6.92 Å². The Morgan fingerprint density at radius 1 is 1.47 bits per heavy atom. The number of nitrogens with two attached hydrogens (primary N) is 1. The van der Waals surface area contributed by atoms with Crippen molar-refractivity contribution in [1.29, 1.82) is 0 Å². The zero-order valence-electron chi connectivity index (χ0n) is 9.58. The van der Waals surface area contributed by atoms with Crippen molar-refractivity contribution in [3.63, 3.8) is 0 Å². The van der Waals surface area contributed by atoms with Gasteiger partial charge in [-0.25, -0.2) is 0 Å². The molecule has 0 saturated carbocycles. The highest BCUT2D eigenvalue weighted by molar-refractivity contribution is 5.45. The first-order valence-electron chi connectivity index (χ1n) is 5.11. The number of methoxy groups -OCH3 is 1. The SMILES string of the molecule is COCc1ccc(C)c(O)c1CC(C)N. The monoisotopic (exact) mass is 209 g/mol. The van der Waals surface area contributed by atoms with Crippen LogP contribution < -0.4 is 5.73 Å². The van der Waals surface area contributed by atoms with Crippen molar-refractivity contribution in [1.82, 2.24) is 0 Å². The van der Waals surface area contributed by atoms with Gasteiger partial charge in [-0.05, 0) is 31.4 Å². The third-order valence-corrected chi connectivity index (χ3v) is 2.41. The third-order valence-electron chi connectivity index (χ3n) is 2.41. The summed E-state index contributed by atoms with van der Waals surface area (Å²) in [5.41, 5.74) is 8.56. The Morgan fingerprint density at radius 3 is 2.67 bits per heavy atom.